The first kappa shape index (κ1) is 26.2. The topological polar surface area (TPSA) is 74.4 Å². The molecule has 2 saturated heterocycles. The van der Waals surface area contributed by atoms with Crippen LogP contribution in [-0.2, 0) is 4.74 Å². The van der Waals surface area contributed by atoms with Crippen molar-refractivity contribution in [3.63, 3.8) is 0 Å². The summed E-state index contributed by atoms with van der Waals surface area (Å²) in [6.07, 6.45) is 1.79. The van der Waals surface area contributed by atoms with Gasteiger partial charge < -0.3 is 29.5 Å². The summed E-state index contributed by atoms with van der Waals surface area (Å²) in [5, 5.41) is 3.54. The average Bonchev–Trinajstić information content (AvgIpc) is 3.61. The Morgan fingerprint density at radius 1 is 0.975 bits per heavy atom. The Morgan fingerprint density at radius 3 is 2.48 bits per heavy atom. The van der Waals surface area contributed by atoms with E-state index in [1.165, 1.54) is 0 Å². The van der Waals surface area contributed by atoms with Crippen LogP contribution in [-0.4, -0.2) is 73.7 Å². The number of carbonyl (C=O) groups excluding carboxylic acids is 2. The molecule has 40 heavy (non-hydrogen) atoms. The summed E-state index contributed by atoms with van der Waals surface area (Å²) in [4.78, 5) is 32.6. The van der Waals surface area contributed by atoms with Crippen LogP contribution in [0.5, 0.6) is 5.75 Å². The van der Waals surface area contributed by atoms with E-state index in [0.717, 1.165) is 60.8 Å². The molecule has 3 aromatic rings. The summed E-state index contributed by atoms with van der Waals surface area (Å²) in [6, 6.07) is 23.4. The second kappa shape index (κ2) is 11.6. The molecular formula is C32H36N4O4. The molecule has 3 aromatic carbocycles. The number of para-hydroxylation sites is 2. The fraction of sp³-hybridized carbons (Fsp3) is 0.375. The van der Waals surface area contributed by atoms with Gasteiger partial charge in [-0.3, -0.25) is 9.59 Å². The number of hydrogen-bond donors (Lipinski definition) is 1. The number of hydrogen-bond acceptors (Lipinski definition) is 6. The number of carbonyl (C=O) groups is 2. The molecule has 8 nitrogen and oxygen atoms in total. The van der Waals surface area contributed by atoms with E-state index < -0.39 is 0 Å². The molecule has 3 aliphatic rings. The van der Waals surface area contributed by atoms with Crippen LogP contribution < -0.4 is 15.0 Å². The molecule has 0 spiro atoms. The zero-order valence-electron chi connectivity index (χ0n) is 22.9. The number of ether oxygens (including phenoxy) is 2. The molecule has 8 heteroatoms. The van der Waals surface area contributed by atoms with Gasteiger partial charge in [0, 0.05) is 61.7 Å². The third-order valence-electron chi connectivity index (χ3n) is 7.99. The Hall–Kier alpha value is -4.04. The van der Waals surface area contributed by atoms with Crippen molar-refractivity contribution < 1.29 is 19.1 Å². The second-order valence-corrected chi connectivity index (χ2v) is 10.5. The van der Waals surface area contributed by atoms with Crippen LogP contribution in [0.2, 0.25) is 0 Å². The third-order valence-corrected chi connectivity index (χ3v) is 7.99. The van der Waals surface area contributed by atoms with Crippen LogP contribution in [0.15, 0.2) is 72.8 Å². The quantitative estimate of drug-likeness (QED) is 0.443. The number of benzene rings is 3. The SMILES string of the molecule is CCOc1ccccc1N1CCN(C(=O)c2ccc(N[C@H]3c4ccccc4C(=O)N3C[C@H]3CCCO3)cc2)CC1. The maximum Gasteiger partial charge on any atom is 0.256 e. The van der Waals surface area contributed by atoms with Gasteiger partial charge in [0.25, 0.3) is 11.8 Å². The van der Waals surface area contributed by atoms with Gasteiger partial charge in [-0.15, -0.1) is 0 Å². The van der Waals surface area contributed by atoms with Crippen LogP contribution in [0.25, 0.3) is 0 Å². The zero-order chi connectivity index (χ0) is 27.5. The number of nitrogens with one attached hydrogen (secondary N) is 1. The van der Waals surface area contributed by atoms with E-state index in [4.69, 9.17) is 9.47 Å². The summed E-state index contributed by atoms with van der Waals surface area (Å²) in [5.41, 5.74) is 4.29. The lowest BCUT2D eigenvalue weighted by molar-refractivity contribution is 0.0489. The van der Waals surface area contributed by atoms with Gasteiger partial charge in [-0.05, 0) is 62.2 Å². The average molecular weight is 541 g/mol. The second-order valence-electron chi connectivity index (χ2n) is 10.5. The van der Waals surface area contributed by atoms with E-state index in [0.29, 0.717) is 31.8 Å². The molecular weight excluding hydrogens is 504 g/mol. The van der Waals surface area contributed by atoms with Gasteiger partial charge in [0.1, 0.15) is 11.9 Å². The molecule has 1 N–H and O–H groups in total. The molecule has 0 bridgehead atoms. The number of piperazine rings is 1. The van der Waals surface area contributed by atoms with Crippen molar-refractivity contribution in [1.29, 1.82) is 0 Å². The van der Waals surface area contributed by atoms with Gasteiger partial charge in [0.05, 0.1) is 18.4 Å². The van der Waals surface area contributed by atoms with Gasteiger partial charge in [-0.1, -0.05) is 30.3 Å². The summed E-state index contributed by atoms with van der Waals surface area (Å²) in [6.45, 7) is 6.73. The van der Waals surface area contributed by atoms with Crippen molar-refractivity contribution >= 4 is 23.2 Å². The predicted octanol–water partition coefficient (Wildman–Crippen LogP) is 4.79. The molecule has 2 fully saturated rings. The molecule has 3 aliphatic heterocycles. The maximum atomic E-state index is 13.3. The zero-order valence-corrected chi connectivity index (χ0v) is 22.9. The van der Waals surface area contributed by atoms with Gasteiger partial charge in [0.2, 0.25) is 0 Å². The monoisotopic (exact) mass is 540 g/mol. The molecule has 0 aromatic heterocycles. The Kier molecular flexibility index (Phi) is 7.60. The number of amides is 2. The highest BCUT2D eigenvalue weighted by Crippen LogP contribution is 2.35. The first-order chi connectivity index (χ1) is 19.6. The lowest BCUT2D eigenvalue weighted by Crippen LogP contribution is -2.48. The highest BCUT2D eigenvalue weighted by atomic mass is 16.5. The minimum absolute atomic E-state index is 0.0263. The molecule has 3 heterocycles. The Morgan fingerprint density at radius 2 is 1.73 bits per heavy atom. The normalized spacial score (nSPS) is 20.5. The molecule has 6 rings (SSSR count). The van der Waals surface area contributed by atoms with Gasteiger partial charge in [0.15, 0.2) is 0 Å². The van der Waals surface area contributed by atoms with Crippen LogP contribution >= 0.6 is 0 Å². The largest absolute Gasteiger partial charge is 0.492 e. The Bertz CT molecular complexity index is 1350. The Balaban J connectivity index is 1.11. The van der Waals surface area contributed by atoms with Crippen molar-refractivity contribution in [2.45, 2.75) is 32.0 Å². The lowest BCUT2D eigenvalue weighted by atomic mass is 10.1. The fourth-order valence-electron chi connectivity index (χ4n) is 5.92. The summed E-state index contributed by atoms with van der Waals surface area (Å²) < 4.78 is 11.6. The van der Waals surface area contributed by atoms with Crippen molar-refractivity contribution in [3.8, 4) is 5.75 Å². The molecule has 0 unspecified atom stereocenters. The molecule has 0 radical (unpaired) electrons. The van der Waals surface area contributed by atoms with Crippen LogP contribution in [0.4, 0.5) is 11.4 Å². The summed E-state index contributed by atoms with van der Waals surface area (Å²) in [7, 11) is 0. The lowest BCUT2D eigenvalue weighted by Gasteiger charge is -2.36. The highest BCUT2D eigenvalue weighted by molar-refractivity contribution is 5.99. The first-order valence-electron chi connectivity index (χ1n) is 14.3. The first-order valence-corrected chi connectivity index (χ1v) is 14.3. The van der Waals surface area contributed by atoms with Gasteiger partial charge in [-0.25, -0.2) is 0 Å². The maximum absolute atomic E-state index is 13.3. The molecule has 0 saturated carbocycles. The van der Waals surface area contributed by atoms with Crippen LogP contribution in [0.1, 0.15) is 52.2 Å². The standard InChI is InChI=1S/C32H36N4O4/c1-2-39-29-12-6-5-11-28(29)34-17-19-35(20-18-34)31(37)23-13-15-24(16-14-23)33-30-26-9-3-4-10-27(26)32(38)36(30)22-25-8-7-21-40-25/h3-6,9-16,25,30,33H,2,7-8,17-22H2,1H3/t25-,30-/m1/s1. The highest BCUT2D eigenvalue weighted by Gasteiger charge is 2.38. The van der Waals surface area contributed by atoms with E-state index in [1.54, 1.807) is 0 Å². The molecule has 2 atom stereocenters. The smallest absolute Gasteiger partial charge is 0.256 e. The van der Waals surface area contributed by atoms with E-state index >= 15 is 0 Å². The van der Waals surface area contributed by atoms with Crippen LogP contribution in [0, 0.1) is 0 Å². The van der Waals surface area contributed by atoms with E-state index in [-0.39, 0.29) is 24.1 Å². The molecule has 0 aliphatic carbocycles. The number of fused-ring (bicyclic) bond motifs is 1. The minimum Gasteiger partial charge on any atom is -0.492 e. The van der Waals surface area contributed by atoms with Gasteiger partial charge >= 0.3 is 0 Å². The number of nitrogens with zero attached hydrogens (tertiary/aromatic N) is 3. The van der Waals surface area contributed by atoms with Gasteiger partial charge in [-0.2, -0.15) is 0 Å². The van der Waals surface area contributed by atoms with Crippen molar-refractivity contribution in [1.82, 2.24) is 9.80 Å². The minimum atomic E-state index is -0.276. The van der Waals surface area contributed by atoms with E-state index in [1.807, 2.05) is 83.5 Å². The van der Waals surface area contributed by atoms with E-state index in [9.17, 15) is 9.59 Å². The third kappa shape index (κ3) is 5.23. The van der Waals surface area contributed by atoms with Crippen molar-refractivity contribution in [2.24, 2.45) is 0 Å². The predicted molar refractivity (Wildman–Crippen MR) is 155 cm³/mol. The number of anilines is 2. The fourth-order valence-corrected chi connectivity index (χ4v) is 5.92. The van der Waals surface area contributed by atoms with Crippen LogP contribution in [0.3, 0.4) is 0 Å². The van der Waals surface area contributed by atoms with Crippen molar-refractivity contribution in [3.05, 3.63) is 89.5 Å². The van der Waals surface area contributed by atoms with E-state index in [2.05, 4.69) is 16.3 Å². The molecule has 2 amide bonds. The Labute approximate surface area is 235 Å². The summed E-state index contributed by atoms with van der Waals surface area (Å²) >= 11 is 0. The summed E-state index contributed by atoms with van der Waals surface area (Å²) in [5.74, 6) is 0.942. The van der Waals surface area contributed by atoms with Crippen molar-refractivity contribution in [2.75, 3.05) is 56.2 Å². The molecule has 208 valence electrons. The number of rotatable bonds is 8.